The van der Waals surface area contributed by atoms with Gasteiger partial charge in [-0.2, -0.15) is 0 Å². The molecular formula is C19H16ClN3O3S. The number of rotatable bonds is 5. The number of halogens is 1. The van der Waals surface area contributed by atoms with Crippen molar-refractivity contribution >= 4 is 33.0 Å². The lowest BCUT2D eigenvalue weighted by atomic mass is 10.2. The number of carbonyl (C=O) groups excluding carboxylic acids is 1. The standard InChI is InChI=1S/C19H16ClN3O3S/c1-13-7-9-14(10-8-13)12-27(25,26)19-21-11-16(20)17(23-19)18(24)22-15-5-3-2-4-6-15/h2-11H,12H2,1H3,(H,22,24). The van der Waals surface area contributed by atoms with Gasteiger partial charge in [-0.05, 0) is 24.6 Å². The third-order valence-electron chi connectivity index (χ3n) is 3.72. The number of hydrogen-bond acceptors (Lipinski definition) is 5. The molecule has 0 aliphatic heterocycles. The maximum absolute atomic E-state index is 12.6. The van der Waals surface area contributed by atoms with Crippen molar-refractivity contribution in [3.05, 3.63) is 82.6 Å². The number of anilines is 1. The Morgan fingerprint density at radius 3 is 2.41 bits per heavy atom. The number of aryl methyl sites for hydroxylation is 1. The molecule has 0 aliphatic rings. The third kappa shape index (κ3) is 4.69. The number of carbonyl (C=O) groups is 1. The maximum atomic E-state index is 12.6. The Balaban J connectivity index is 1.87. The van der Waals surface area contributed by atoms with Crippen molar-refractivity contribution in [3.8, 4) is 0 Å². The molecule has 0 spiro atoms. The number of para-hydroxylation sites is 1. The second-order valence-corrected chi connectivity index (χ2v) is 8.20. The van der Waals surface area contributed by atoms with Gasteiger partial charge < -0.3 is 5.32 Å². The lowest BCUT2D eigenvalue weighted by Crippen LogP contribution is -2.18. The van der Waals surface area contributed by atoms with Crippen LogP contribution in [0.25, 0.3) is 0 Å². The molecule has 0 bridgehead atoms. The molecule has 2 aromatic carbocycles. The summed E-state index contributed by atoms with van der Waals surface area (Å²) in [6.45, 7) is 1.91. The van der Waals surface area contributed by atoms with Crippen LogP contribution in [0.1, 0.15) is 21.6 Å². The van der Waals surface area contributed by atoms with E-state index in [4.69, 9.17) is 11.6 Å². The first-order valence-electron chi connectivity index (χ1n) is 8.02. The zero-order valence-corrected chi connectivity index (χ0v) is 16.0. The maximum Gasteiger partial charge on any atom is 0.275 e. The largest absolute Gasteiger partial charge is 0.321 e. The van der Waals surface area contributed by atoms with Crippen LogP contribution in [0, 0.1) is 6.92 Å². The van der Waals surface area contributed by atoms with Gasteiger partial charge in [0.05, 0.1) is 17.0 Å². The molecule has 1 amide bonds. The fourth-order valence-electron chi connectivity index (χ4n) is 2.34. The first kappa shape index (κ1) is 19.0. The van der Waals surface area contributed by atoms with E-state index >= 15 is 0 Å². The molecule has 0 radical (unpaired) electrons. The monoisotopic (exact) mass is 401 g/mol. The van der Waals surface area contributed by atoms with E-state index in [2.05, 4.69) is 15.3 Å². The minimum absolute atomic E-state index is 0.0299. The van der Waals surface area contributed by atoms with Crippen molar-refractivity contribution in [2.24, 2.45) is 0 Å². The van der Waals surface area contributed by atoms with Gasteiger partial charge in [-0.25, -0.2) is 18.4 Å². The summed E-state index contributed by atoms with van der Waals surface area (Å²) in [5, 5.41) is 2.16. The molecule has 8 heteroatoms. The van der Waals surface area contributed by atoms with E-state index in [0.717, 1.165) is 11.8 Å². The summed E-state index contributed by atoms with van der Waals surface area (Å²) in [6.07, 6.45) is 1.12. The van der Waals surface area contributed by atoms with E-state index in [0.29, 0.717) is 11.3 Å². The number of amides is 1. The number of nitrogens with zero attached hydrogens (tertiary/aromatic N) is 2. The molecule has 1 heterocycles. The van der Waals surface area contributed by atoms with Crippen molar-refractivity contribution in [2.75, 3.05) is 5.32 Å². The molecule has 27 heavy (non-hydrogen) atoms. The minimum atomic E-state index is -3.83. The average Bonchev–Trinajstić information content (AvgIpc) is 2.64. The third-order valence-corrected chi connectivity index (χ3v) is 5.47. The Bertz CT molecular complexity index is 1070. The van der Waals surface area contributed by atoms with E-state index in [1.807, 2.05) is 25.1 Å². The first-order chi connectivity index (χ1) is 12.8. The van der Waals surface area contributed by atoms with Crippen LogP contribution in [0.15, 0.2) is 66.0 Å². The van der Waals surface area contributed by atoms with Gasteiger partial charge in [-0.1, -0.05) is 59.6 Å². The molecule has 0 aliphatic carbocycles. The summed E-state index contributed by atoms with van der Waals surface area (Å²) in [7, 11) is -3.83. The molecule has 1 aromatic heterocycles. The van der Waals surface area contributed by atoms with E-state index in [1.165, 1.54) is 0 Å². The van der Waals surface area contributed by atoms with Crippen LogP contribution in [0.2, 0.25) is 5.02 Å². The number of nitrogens with one attached hydrogen (secondary N) is 1. The highest BCUT2D eigenvalue weighted by Gasteiger charge is 2.23. The van der Waals surface area contributed by atoms with Gasteiger partial charge >= 0.3 is 0 Å². The normalized spacial score (nSPS) is 11.2. The fraction of sp³-hybridized carbons (Fsp3) is 0.105. The zero-order valence-electron chi connectivity index (χ0n) is 14.4. The van der Waals surface area contributed by atoms with Crippen LogP contribution in [-0.2, 0) is 15.6 Å². The van der Waals surface area contributed by atoms with Crippen LogP contribution in [0.5, 0.6) is 0 Å². The van der Waals surface area contributed by atoms with E-state index in [1.54, 1.807) is 36.4 Å². The first-order valence-corrected chi connectivity index (χ1v) is 10.1. The average molecular weight is 402 g/mol. The number of aromatic nitrogens is 2. The highest BCUT2D eigenvalue weighted by Crippen LogP contribution is 2.19. The van der Waals surface area contributed by atoms with Crippen LogP contribution < -0.4 is 5.32 Å². The molecule has 0 unspecified atom stereocenters. The number of sulfone groups is 1. The number of benzene rings is 2. The second kappa shape index (κ2) is 7.85. The van der Waals surface area contributed by atoms with Gasteiger partial charge in [0.15, 0.2) is 5.69 Å². The Morgan fingerprint density at radius 2 is 1.74 bits per heavy atom. The Morgan fingerprint density at radius 1 is 1.07 bits per heavy atom. The zero-order chi connectivity index (χ0) is 19.4. The quantitative estimate of drug-likeness (QED) is 0.659. The summed E-state index contributed by atoms with van der Waals surface area (Å²) >= 11 is 6.00. The number of hydrogen-bond donors (Lipinski definition) is 1. The van der Waals surface area contributed by atoms with Gasteiger partial charge in [-0.15, -0.1) is 0 Å². The van der Waals surface area contributed by atoms with Gasteiger partial charge in [0.25, 0.3) is 5.91 Å². The van der Waals surface area contributed by atoms with Crippen LogP contribution in [-0.4, -0.2) is 24.3 Å². The van der Waals surface area contributed by atoms with Crippen LogP contribution in [0.4, 0.5) is 5.69 Å². The predicted octanol–water partition coefficient (Wildman–Crippen LogP) is 3.66. The van der Waals surface area contributed by atoms with Crippen molar-refractivity contribution < 1.29 is 13.2 Å². The molecule has 1 N–H and O–H groups in total. The fourth-order valence-corrected chi connectivity index (χ4v) is 3.72. The molecule has 0 saturated carbocycles. The molecular weight excluding hydrogens is 386 g/mol. The molecule has 3 aromatic rings. The van der Waals surface area contributed by atoms with Gasteiger partial charge in [0.2, 0.25) is 15.0 Å². The lowest BCUT2D eigenvalue weighted by molar-refractivity contribution is 0.102. The molecule has 0 saturated heterocycles. The van der Waals surface area contributed by atoms with Crippen LogP contribution in [0.3, 0.4) is 0 Å². The molecule has 3 rings (SSSR count). The van der Waals surface area contributed by atoms with E-state index < -0.39 is 20.9 Å². The van der Waals surface area contributed by atoms with Crippen molar-refractivity contribution in [2.45, 2.75) is 17.8 Å². The van der Waals surface area contributed by atoms with Crippen molar-refractivity contribution in [1.82, 2.24) is 9.97 Å². The smallest absolute Gasteiger partial charge is 0.275 e. The molecule has 138 valence electrons. The van der Waals surface area contributed by atoms with Crippen molar-refractivity contribution in [1.29, 1.82) is 0 Å². The van der Waals surface area contributed by atoms with Gasteiger partial charge in [0, 0.05) is 5.69 Å². The summed E-state index contributed by atoms with van der Waals surface area (Å²) in [6, 6.07) is 15.8. The molecule has 0 fully saturated rings. The van der Waals surface area contributed by atoms with E-state index in [9.17, 15) is 13.2 Å². The SMILES string of the molecule is Cc1ccc(CS(=O)(=O)c2ncc(Cl)c(C(=O)Nc3ccccc3)n2)cc1. The van der Waals surface area contributed by atoms with Crippen molar-refractivity contribution in [3.63, 3.8) is 0 Å². The summed E-state index contributed by atoms with van der Waals surface area (Å²) in [4.78, 5) is 20.1. The lowest BCUT2D eigenvalue weighted by Gasteiger charge is -2.08. The van der Waals surface area contributed by atoms with Gasteiger partial charge in [-0.3, -0.25) is 4.79 Å². The predicted molar refractivity (Wildman–Crippen MR) is 104 cm³/mol. The van der Waals surface area contributed by atoms with Crippen LogP contribution >= 0.6 is 11.6 Å². The second-order valence-electron chi connectivity index (χ2n) is 5.91. The summed E-state index contributed by atoms with van der Waals surface area (Å²) in [5.41, 5.74) is 1.98. The highest BCUT2D eigenvalue weighted by molar-refractivity contribution is 7.90. The minimum Gasteiger partial charge on any atom is -0.321 e. The summed E-state index contributed by atoms with van der Waals surface area (Å²) < 4.78 is 25.3. The molecule has 0 atom stereocenters. The van der Waals surface area contributed by atoms with Gasteiger partial charge in [0.1, 0.15) is 0 Å². The Hall–Kier alpha value is -2.77. The topological polar surface area (TPSA) is 89.0 Å². The Kier molecular flexibility index (Phi) is 5.53. The highest BCUT2D eigenvalue weighted by atomic mass is 35.5. The molecule has 6 nitrogen and oxygen atoms in total. The summed E-state index contributed by atoms with van der Waals surface area (Å²) in [5.74, 6) is -0.880. The Labute approximate surface area is 162 Å². The van der Waals surface area contributed by atoms with E-state index in [-0.39, 0.29) is 16.5 Å².